The first-order valence-electron chi connectivity index (χ1n) is 7.60. The molecule has 1 atom stereocenters. The number of hydrogen-bond donors (Lipinski definition) is 2. The van der Waals surface area contributed by atoms with E-state index in [4.69, 9.17) is 15.2 Å². The summed E-state index contributed by atoms with van der Waals surface area (Å²) >= 11 is 0. The Morgan fingerprint density at radius 2 is 1.79 bits per heavy atom. The summed E-state index contributed by atoms with van der Waals surface area (Å²) in [4.78, 5) is 23.3. The van der Waals surface area contributed by atoms with Crippen molar-refractivity contribution in [3.05, 3.63) is 54.1 Å². The van der Waals surface area contributed by atoms with Crippen LogP contribution in [0.5, 0.6) is 11.5 Å². The molecule has 0 radical (unpaired) electrons. The van der Waals surface area contributed by atoms with E-state index in [-0.39, 0.29) is 5.91 Å². The maximum absolute atomic E-state index is 12.3. The summed E-state index contributed by atoms with van der Waals surface area (Å²) in [5.41, 5.74) is 6.15. The van der Waals surface area contributed by atoms with Gasteiger partial charge in [0, 0.05) is 5.56 Å². The van der Waals surface area contributed by atoms with Crippen LogP contribution in [-0.4, -0.2) is 24.5 Å². The third-order valence-electron chi connectivity index (χ3n) is 3.27. The van der Waals surface area contributed by atoms with Crippen molar-refractivity contribution in [2.24, 2.45) is 5.73 Å². The number of nitrogens with one attached hydrogen (secondary N) is 1. The number of primary amides is 1. The summed E-state index contributed by atoms with van der Waals surface area (Å²) in [6.07, 6.45) is -0.723. The van der Waals surface area contributed by atoms with Gasteiger partial charge < -0.3 is 20.5 Å². The summed E-state index contributed by atoms with van der Waals surface area (Å²) < 4.78 is 11.1. The zero-order valence-corrected chi connectivity index (χ0v) is 13.6. The van der Waals surface area contributed by atoms with Crippen LogP contribution in [0.15, 0.2) is 48.5 Å². The van der Waals surface area contributed by atoms with Crippen LogP contribution in [-0.2, 0) is 4.79 Å². The van der Waals surface area contributed by atoms with E-state index < -0.39 is 12.0 Å². The van der Waals surface area contributed by atoms with Crippen molar-refractivity contribution >= 4 is 17.5 Å². The number of hydrogen-bond acceptors (Lipinski definition) is 4. The number of carbonyl (C=O) groups is 2. The zero-order chi connectivity index (χ0) is 17.5. The van der Waals surface area contributed by atoms with Gasteiger partial charge >= 0.3 is 0 Å². The molecule has 0 bridgehead atoms. The second-order valence-electron chi connectivity index (χ2n) is 5.07. The van der Waals surface area contributed by atoms with Gasteiger partial charge in [-0.2, -0.15) is 0 Å². The molecule has 2 aromatic rings. The van der Waals surface area contributed by atoms with E-state index in [0.29, 0.717) is 29.4 Å². The van der Waals surface area contributed by atoms with Gasteiger partial charge in [-0.15, -0.1) is 0 Å². The Kier molecular flexibility index (Phi) is 5.78. The number of rotatable bonds is 7. The van der Waals surface area contributed by atoms with Crippen LogP contribution in [0.2, 0.25) is 0 Å². The van der Waals surface area contributed by atoms with Gasteiger partial charge in [0.05, 0.1) is 12.3 Å². The van der Waals surface area contributed by atoms with Crippen LogP contribution in [0.25, 0.3) is 0 Å². The highest BCUT2D eigenvalue weighted by Crippen LogP contribution is 2.24. The molecule has 2 rings (SSSR count). The molecule has 0 fully saturated rings. The molecule has 126 valence electrons. The van der Waals surface area contributed by atoms with Gasteiger partial charge in [0.15, 0.2) is 6.10 Å². The predicted molar refractivity (Wildman–Crippen MR) is 91.3 cm³/mol. The van der Waals surface area contributed by atoms with E-state index in [2.05, 4.69) is 5.32 Å². The first-order chi connectivity index (χ1) is 11.5. The maximum Gasteiger partial charge on any atom is 0.265 e. The summed E-state index contributed by atoms with van der Waals surface area (Å²) in [7, 11) is 0. The lowest BCUT2D eigenvalue weighted by Gasteiger charge is -2.16. The van der Waals surface area contributed by atoms with Gasteiger partial charge in [-0.05, 0) is 50.2 Å². The highest BCUT2D eigenvalue weighted by atomic mass is 16.5. The maximum atomic E-state index is 12.3. The van der Waals surface area contributed by atoms with Gasteiger partial charge in [-0.25, -0.2) is 0 Å². The van der Waals surface area contributed by atoms with Gasteiger partial charge in [-0.3, -0.25) is 9.59 Å². The number of ether oxygens (including phenoxy) is 2. The van der Waals surface area contributed by atoms with Gasteiger partial charge in [0.2, 0.25) is 5.91 Å². The van der Waals surface area contributed by atoms with Crippen molar-refractivity contribution < 1.29 is 19.1 Å². The molecule has 0 aromatic heterocycles. The molecule has 0 saturated carbocycles. The lowest BCUT2D eigenvalue weighted by atomic mass is 10.2. The van der Waals surface area contributed by atoms with E-state index in [1.54, 1.807) is 43.3 Å². The number of amides is 2. The predicted octanol–water partition coefficient (Wildman–Crippen LogP) is 2.59. The van der Waals surface area contributed by atoms with Crippen molar-refractivity contribution in [1.82, 2.24) is 0 Å². The van der Waals surface area contributed by atoms with Gasteiger partial charge in [-0.1, -0.05) is 12.1 Å². The van der Waals surface area contributed by atoms with Crippen LogP contribution >= 0.6 is 0 Å². The molecule has 0 heterocycles. The molecule has 2 aromatic carbocycles. The van der Waals surface area contributed by atoms with Crippen LogP contribution in [0.4, 0.5) is 5.69 Å². The van der Waals surface area contributed by atoms with E-state index >= 15 is 0 Å². The summed E-state index contributed by atoms with van der Waals surface area (Å²) in [6, 6.07) is 13.5. The molecule has 1 unspecified atom stereocenters. The number of anilines is 1. The largest absolute Gasteiger partial charge is 0.492 e. The number of carbonyl (C=O) groups excluding carboxylic acids is 2. The third kappa shape index (κ3) is 4.49. The second kappa shape index (κ2) is 8.01. The summed E-state index contributed by atoms with van der Waals surface area (Å²) in [5, 5.41) is 2.78. The first-order valence-corrected chi connectivity index (χ1v) is 7.60. The highest BCUT2D eigenvalue weighted by molar-refractivity contribution is 5.95. The van der Waals surface area contributed by atoms with E-state index in [0.717, 1.165) is 0 Å². The molecule has 0 spiro atoms. The molecule has 0 aliphatic carbocycles. The fraction of sp³-hybridized carbons (Fsp3) is 0.222. The molecule has 6 nitrogen and oxygen atoms in total. The molecular formula is C18H20N2O4. The van der Waals surface area contributed by atoms with Gasteiger partial charge in [0.25, 0.3) is 5.91 Å². The molecule has 0 aliphatic heterocycles. The third-order valence-corrected chi connectivity index (χ3v) is 3.27. The van der Waals surface area contributed by atoms with Crippen molar-refractivity contribution in [2.45, 2.75) is 20.0 Å². The van der Waals surface area contributed by atoms with Crippen LogP contribution < -0.4 is 20.5 Å². The average molecular weight is 328 g/mol. The second-order valence-corrected chi connectivity index (χ2v) is 5.07. The van der Waals surface area contributed by atoms with E-state index in [1.807, 2.05) is 19.1 Å². The zero-order valence-electron chi connectivity index (χ0n) is 13.6. The Balaban J connectivity index is 2.01. The van der Waals surface area contributed by atoms with Crippen LogP contribution in [0.1, 0.15) is 24.2 Å². The highest BCUT2D eigenvalue weighted by Gasteiger charge is 2.16. The summed E-state index contributed by atoms with van der Waals surface area (Å²) in [5.74, 6) is 0.258. The smallest absolute Gasteiger partial charge is 0.265 e. The Morgan fingerprint density at radius 1 is 1.12 bits per heavy atom. The quantitative estimate of drug-likeness (QED) is 0.817. The molecule has 0 aliphatic rings. The Labute approximate surface area is 140 Å². The normalized spacial score (nSPS) is 11.4. The first kappa shape index (κ1) is 17.3. The topological polar surface area (TPSA) is 90.7 Å². The number of para-hydroxylation sites is 2. The van der Waals surface area contributed by atoms with Crippen LogP contribution in [0, 0.1) is 0 Å². The number of benzene rings is 2. The Hall–Kier alpha value is -3.02. The Morgan fingerprint density at radius 3 is 2.42 bits per heavy atom. The minimum Gasteiger partial charge on any atom is -0.492 e. The fourth-order valence-corrected chi connectivity index (χ4v) is 2.04. The monoisotopic (exact) mass is 328 g/mol. The lowest BCUT2D eigenvalue weighted by molar-refractivity contribution is -0.122. The number of nitrogens with two attached hydrogens (primary N) is 1. The average Bonchev–Trinajstić information content (AvgIpc) is 2.57. The van der Waals surface area contributed by atoms with Crippen molar-refractivity contribution in [3.8, 4) is 11.5 Å². The van der Waals surface area contributed by atoms with E-state index in [9.17, 15) is 9.59 Å². The summed E-state index contributed by atoms with van der Waals surface area (Å²) in [6.45, 7) is 4.02. The lowest BCUT2D eigenvalue weighted by Crippen LogP contribution is -2.30. The minimum absolute atomic E-state index is 0.305. The van der Waals surface area contributed by atoms with E-state index in [1.165, 1.54) is 0 Å². The molecule has 6 heteroatoms. The fourth-order valence-electron chi connectivity index (χ4n) is 2.04. The van der Waals surface area contributed by atoms with Crippen LogP contribution in [0.3, 0.4) is 0 Å². The minimum atomic E-state index is -0.723. The molecule has 0 saturated heterocycles. The molecule has 2 amide bonds. The van der Waals surface area contributed by atoms with Crippen molar-refractivity contribution in [2.75, 3.05) is 11.9 Å². The SMILES string of the molecule is CCOc1ccccc1NC(=O)C(C)Oc1ccc(C(N)=O)cc1. The van der Waals surface area contributed by atoms with Gasteiger partial charge in [0.1, 0.15) is 11.5 Å². The Bertz CT molecular complexity index is 713. The standard InChI is InChI=1S/C18H20N2O4/c1-3-23-16-7-5-4-6-15(16)20-18(22)12(2)24-14-10-8-13(9-11-14)17(19)21/h4-12H,3H2,1-2H3,(H2,19,21)(H,20,22). The van der Waals surface area contributed by atoms with Crippen molar-refractivity contribution in [1.29, 1.82) is 0 Å². The molecule has 3 N–H and O–H groups in total. The van der Waals surface area contributed by atoms with Crippen molar-refractivity contribution in [3.63, 3.8) is 0 Å². The molecular weight excluding hydrogens is 308 g/mol. The molecule has 24 heavy (non-hydrogen) atoms.